The number of fused-ring (bicyclic) bond motifs is 1. The number of thioether (sulfide) groups is 1. The molecule has 2 heterocycles. The summed E-state index contributed by atoms with van der Waals surface area (Å²) in [6.45, 7) is 9.60. The highest BCUT2D eigenvalue weighted by Gasteiger charge is 2.22. The Labute approximate surface area is 168 Å². The van der Waals surface area contributed by atoms with Crippen LogP contribution in [-0.2, 0) is 10.5 Å². The zero-order valence-corrected chi connectivity index (χ0v) is 17.6. The van der Waals surface area contributed by atoms with E-state index in [1.165, 1.54) is 22.3 Å². The van der Waals surface area contributed by atoms with E-state index >= 15 is 0 Å². The predicted molar refractivity (Wildman–Crippen MR) is 112 cm³/mol. The number of aromatic nitrogens is 4. The van der Waals surface area contributed by atoms with Crippen LogP contribution in [0.25, 0.3) is 5.78 Å². The van der Waals surface area contributed by atoms with Crippen LogP contribution in [0.2, 0.25) is 0 Å². The van der Waals surface area contributed by atoms with Crippen LogP contribution >= 0.6 is 11.8 Å². The van der Waals surface area contributed by atoms with E-state index in [2.05, 4.69) is 15.3 Å². The van der Waals surface area contributed by atoms with Crippen molar-refractivity contribution in [3.8, 4) is 0 Å². The van der Waals surface area contributed by atoms with Gasteiger partial charge in [0.1, 0.15) is 6.33 Å². The third-order valence-electron chi connectivity index (χ3n) is 4.18. The van der Waals surface area contributed by atoms with Crippen molar-refractivity contribution >= 4 is 29.1 Å². The lowest BCUT2D eigenvalue weighted by Crippen LogP contribution is -2.27. The summed E-state index contributed by atoms with van der Waals surface area (Å²) in [6.07, 6.45) is 1.63. The molecule has 2 aromatic heterocycles. The summed E-state index contributed by atoms with van der Waals surface area (Å²) in [5, 5.41) is 2.98. The summed E-state index contributed by atoms with van der Waals surface area (Å²) >= 11 is 1.52. The Bertz CT molecular complexity index is 1060. The molecular formula is C20H25N5O2S. The molecule has 8 heteroatoms. The Hall–Kier alpha value is -2.61. The van der Waals surface area contributed by atoms with E-state index in [1.54, 1.807) is 11.0 Å². The van der Waals surface area contributed by atoms with Crippen molar-refractivity contribution in [1.82, 2.24) is 19.2 Å². The SMILES string of the molecule is CC(C)n1cnc2nc(CSc3ccccc3NC(=O)C(C)(C)C)cc(=O)n21. The number of carbonyl (C=O) groups excluding carboxylic acids is 1. The molecule has 0 unspecified atom stereocenters. The maximum atomic E-state index is 12.5. The molecule has 1 aromatic carbocycles. The molecule has 0 saturated heterocycles. The number of nitrogens with zero attached hydrogens (tertiary/aromatic N) is 4. The summed E-state index contributed by atoms with van der Waals surface area (Å²) in [5.74, 6) is 0.853. The number of carbonyl (C=O) groups is 1. The Morgan fingerprint density at radius 2 is 1.96 bits per heavy atom. The number of anilines is 1. The number of amides is 1. The average molecular weight is 400 g/mol. The maximum Gasteiger partial charge on any atom is 0.274 e. The molecule has 0 bridgehead atoms. The van der Waals surface area contributed by atoms with Gasteiger partial charge in [0.2, 0.25) is 5.91 Å². The molecule has 0 aliphatic rings. The highest BCUT2D eigenvalue weighted by Crippen LogP contribution is 2.30. The first-order chi connectivity index (χ1) is 13.2. The standard InChI is InChI=1S/C20H25N5O2S/c1-13(2)24-12-21-19-22-14(10-17(26)25(19)24)11-28-16-9-7-6-8-15(16)23-18(27)20(3,4)5/h6-10,12-13H,11H2,1-5H3,(H,23,27). The molecule has 28 heavy (non-hydrogen) atoms. The van der Waals surface area contributed by atoms with Crippen LogP contribution in [0, 0.1) is 5.41 Å². The zero-order valence-electron chi connectivity index (χ0n) is 16.8. The van der Waals surface area contributed by atoms with Gasteiger partial charge in [-0.25, -0.2) is 4.98 Å². The third-order valence-corrected chi connectivity index (χ3v) is 5.28. The molecule has 0 atom stereocenters. The first-order valence-corrected chi connectivity index (χ1v) is 10.1. The van der Waals surface area contributed by atoms with Gasteiger partial charge in [-0.2, -0.15) is 9.50 Å². The van der Waals surface area contributed by atoms with Crippen molar-refractivity contribution in [1.29, 1.82) is 0 Å². The predicted octanol–water partition coefficient (Wildman–Crippen LogP) is 3.75. The highest BCUT2D eigenvalue weighted by molar-refractivity contribution is 7.98. The topological polar surface area (TPSA) is 81.3 Å². The van der Waals surface area contributed by atoms with Crippen molar-refractivity contribution in [2.75, 3.05) is 5.32 Å². The van der Waals surface area contributed by atoms with Crippen molar-refractivity contribution in [3.05, 3.63) is 52.7 Å². The Balaban J connectivity index is 1.82. The second-order valence-corrected chi connectivity index (χ2v) is 8.92. The molecule has 0 aliphatic heterocycles. The number of hydrogen-bond acceptors (Lipinski definition) is 5. The first kappa shape index (κ1) is 20.1. The lowest BCUT2D eigenvalue weighted by Gasteiger charge is -2.19. The van der Waals surface area contributed by atoms with Crippen LogP contribution in [0.15, 0.2) is 46.3 Å². The molecule has 0 saturated carbocycles. The minimum atomic E-state index is -0.478. The van der Waals surface area contributed by atoms with Crippen molar-refractivity contribution in [2.24, 2.45) is 5.41 Å². The van der Waals surface area contributed by atoms with E-state index in [4.69, 9.17) is 0 Å². The van der Waals surface area contributed by atoms with Crippen LogP contribution in [0.5, 0.6) is 0 Å². The van der Waals surface area contributed by atoms with E-state index in [-0.39, 0.29) is 17.5 Å². The van der Waals surface area contributed by atoms with E-state index in [0.717, 1.165) is 10.6 Å². The summed E-state index contributed by atoms with van der Waals surface area (Å²) in [4.78, 5) is 34.5. The molecule has 1 N–H and O–H groups in total. The van der Waals surface area contributed by atoms with E-state index in [0.29, 0.717) is 17.2 Å². The summed E-state index contributed by atoms with van der Waals surface area (Å²) < 4.78 is 3.25. The van der Waals surface area contributed by atoms with Gasteiger partial charge in [-0.1, -0.05) is 32.9 Å². The quantitative estimate of drug-likeness (QED) is 0.661. The van der Waals surface area contributed by atoms with Crippen LogP contribution < -0.4 is 10.9 Å². The number of rotatable bonds is 5. The van der Waals surface area contributed by atoms with Crippen LogP contribution in [0.3, 0.4) is 0 Å². The fraction of sp³-hybridized carbons (Fsp3) is 0.400. The molecule has 148 valence electrons. The Morgan fingerprint density at radius 1 is 1.25 bits per heavy atom. The van der Waals surface area contributed by atoms with Gasteiger partial charge in [0.15, 0.2) is 0 Å². The minimum absolute atomic E-state index is 0.0439. The average Bonchev–Trinajstić information content (AvgIpc) is 3.05. The van der Waals surface area contributed by atoms with Crippen molar-refractivity contribution < 1.29 is 4.79 Å². The summed E-state index contributed by atoms with van der Waals surface area (Å²) in [6, 6.07) is 9.28. The maximum absolute atomic E-state index is 12.5. The lowest BCUT2D eigenvalue weighted by molar-refractivity contribution is -0.123. The fourth-order valence-electron chi connectivity index (χ4n) is 2.57. The monoisotopic (exact) mass is 399 g/mol. The summed E-state index contributed by atoms with van der Waals surface area (Å²) in [7, 11) is 0. The van der Waals surface area contributed by atoms with Gasteiger partial charge >= 0.3 is 0 Å². The lowest BCUT2D eigenvalue weighted by atomic mass is 9.95. The molecular weight excluding hydrogens is 374 g/mol. The van der Waals surface area contributed by atoms with Gasteiger partial charge < -0.3 is 5.32 Å². The van der Waals surface area contributed by atoms with E-state index in [9.17, 15) is 9.59 Å². The number of para-hydroxylation sites is 1. The zero-order chi connectivity index (χ0) is 20.5. The van der Waals surface area contributed by atoms with Crippen molar-refractivity contribution in [3.63, 3.8) is 0 Å². The molecule has 0 radical (unpaired) electrons. The van der Waals surface area contributed by atoms with Gasteiger partial charge in [-0.05, 0) is 26.0 Å². The minimum Gasteiger partial charge on any atom is -0.325 e. The smallest absolute Gasteiger partial charge is 0.274 e. The van der Waals surface area contributed by atoms with E-state index < -0.39 is 5.41 Å². The molecule has 1 amide bonds. The highest BCUT2D eigenvalue weighted by atomic mass is 32.2. The number of nitrogens with one attached hydrogen (secondary N) is 1. The molecule has 3 rings (SSSR count). The van der Waals surface area contributed by atoms with Crippen molar-refractivity contribution in [2.45, 2.75) is 51.3 Å². The fourth-order valence-corrected chi connectivity index (χ4v) is 3.47. The van der Waals surface area contributed by atoms with Gasteiger partial charge in [0.05, 0.1) is 11.4 Å². The summed E-state index contributed by atoms with van der Waals surface area (Å²) in [5.41, 5.74) is 0.783. The van der Waals surface area contributed by atoms with Gasteiger partial charge in [0, 0.05) is 28.2 Å². The first-order valence-electron chi connectivity index (χ1n) is 9.16. The van der Waals surface area contributed by atoms with Gasteiger partial charge in [-0.15, -0.1) is 11.8 Å². The molecule has 3 aromatic rings. The number of benzene rings is 1. The van der Waals surface area contributed by atoms with Crippen LogP contribution in [0.1, 0.15) is 46.4 Å². The van der Waals surface area contributed by atoms with Crippen LogP contribution in [-0.4, -0.2) is 25.1 Å². The molecule has 0 aliphatic carbocycles. The second-order valence-electron chi connectivity index (χ2n) is 7.90. The second kappa shape index (κ2) is 7.79. The number of hydrogen-bond donors (Lipinski definition) is 1. The molecule has 7 nitrogen and oxygen atoms in total. The normalized spacial score (nSPS) is 11.9. The molecule has 0 spiro atoms. The molecule has 0 fully saturated rings. The van der Waals surface area contributed by atoms with Gasteiger partial charge in [-0.3, -0.25) is 14.3 Å². The Morgan fingerprint density at radius 3 is 2.64 bits per heavy atom. The third kappa shape index (κ3) is 4.27. The van der Waals surface area contributed by atoms with Crippen LogP contribution in [0.4, 0.5) is 5.69 Å². The van der Waals surface area contributed by atoms with E-state index in [1.807, 2.05) is 58.9 Å². The van der Waals surface area contributed by atoms with Gasteiger partial charge in [0.25, 0.3) is 11.3 Å². The largest absolute Gasteiger partial charge is 0.325 e. The Kier molecular flexibility index (Phi) is 5.60.